The maximum Gasteiger partial charge on any atom is 0.130 e. The number of benzene rings is 1. The summed E-state index contributed by atoms with van der Waals surface area (Å²) in [6.45, 7) is 4.86. The van der Waals surface area contributed by atoms with Gasteiger partial charge in [-0.3, -0.25) is 4.98 Å². The topological polar surface area (TPSA) is 48.1 Å². The van der Waals surface area contributed by atoms with Gasteiger partial charge >= 0.3 is 0 Å². The summed E-state index contributed by atoms with van der Waals surface area (Å²) in [5, 5.41) is 0. The van der Waals surface area contributed by atoms with Gasteiger partial charge in [0.2, 0.25) is 0 Å². The molecule has 2 rings (SSSR count). The van der Waals surface area contributed by atoms with Crippen molar-refractivity contribution in [2.45, 2.75) is 32.8 Å². The number of hydrogen-bond donors (Lipinski definition) is 1. The van der Waals surface area contributed by atoms with Crippen molar-refractivity contribution in [3.05, 3.63) is 53.9 Å². The summed E-state index contributed by atoms with van der Waals surface area (Å²) in [5.41, 5.74) is 8.59. The van der Waals surface area contributed by atoms with E-state index in [1.54, 1.807) is 12.3 Å². The van der Waals surface area contributed by atoms with Gasteiger partial charge in [0, 0.05) is 11.9 Å². The summed E-state index contributed by atoms with van der Waals surface area (Å²) >= 11 is 0. The maximum absolute atomic E-state index is 5.70. The first-order valence-electron chi connectivity index (χ1n) is 6.62. The van der Waals surface area contributed by atoms with Crippen molar-refractivity contribution in [2.24, 2.45) is 0 Å². The zero-order valence-corrected chi connectivity index (χ0v) is 11.5. The zero-order chi connectivity index (χ0) is 13.7. The second-order valence-electron chi connectivity index (χ2n) is 4.75. The lowest BCUT2D eigenvalue weighted by molar-refractivity contribution is 0.301. The smallest absolute Gasteiger partial charge is 0.130 e. The highest BCUT2D eigenvalue weighted by Crippen LogP contribution is 2.21. The highest BCUT2D eigenvalue weighted by Gasteiger charge is 2.03. The van der Waals surface area contributed by atoms with E-state index in [4.69, 9.17) is 10.5 Å². The normalized spacial score (nSPS) is 12.1. The average molecular weight is 256 g/mol. The molecule has 0 amide bonds. The molecule has 0 spiro atoms. The predicted molar refractivity (Wildman–Crippen MR) is 78.1 cm³/mol. The molecule has 1 unspecified atom stereocenters. The van der Waals surface area contributed by atoms with Crippen LogP contribution in [0.2, 0.25) is 0 Å². The van der Waals surface area contributed by atoms with Crippen LogP contribution in [0.15, 0.2) is 42.6 Å². The summed E-state index contributed by atoms with van der Waals surface area (Å²) < 4.78 is 5.70. The average Bonchev–Trinajstić information content (AvgIpc) is 2.45. The van der Waals surface area contributed by atoms with E-state index in [2.05, 4.69) is 31.0 Å². The van der Waals surface area contributed by atoms with Gasteiger partial charge in [0.15, 0.2) is 0 Å². The van der Waals surface area contributed by atoms with Crippen LogP contribution in [0.1, 0.15) is 37.4 Å². The third-order valence-electron chi connectivity index (χ3n) is 3.29. The van der Waals surface area contributed by atoms with Crippen molar-refractivity contribution in [2.75, 3.05) is 5.73 Å². The van der Waals surface area contributed by atoms with Crippen LogP contribution in [0.25, 0.3) is 0 Å². The number of anilines is 1. The molecule has 19 heavy (non-hydrogen) atoms. The summed E-state index contributed by atoms with van der Waals surface area (Å²) in [6, 6.07) is 11.9. The molecule has 0 aliphatic carbocycles. The predicted octanol–water partition coefficient (Wildman–Crippen LogP) is 3.76. The molecule has 0 aliphatic rings. The minimum Gasteiger partial charge on any atom is -0.487 e. The molecule has 0 saturated heterocycles. The fourth-order valence-electron chi connectivity index (χ4n) is 1.86. The van der Waals surface area contributed by atoms with E-state index in [-0.39, 0.29) is 0 Å². The first kappa shape index (κ1) is 13.4. The Balaban J connectivity index is 1.96. The Morgan fingerprint density at radius 3 is 2.58 bits per heavy atom. The van der Waals surface area contributed by atoms with Gasteiger partial charge in [-0.25, -0.2) is 0 Å². The van der Waals surface area contributed by atoms with Crippen LogP contribution < -0.4 is 10.5 Å². The Bertz CT molecular complexity index is 523. The molecule has 2 N–H and O–H groups in total. The van der Waals surface area contributed by atoms with Crippen LogP contribution in [0.3, 0.4) is 0 Å². The highest BCUT2D eigenvalue weighted by molar-refractivity contribution is 5.37. The number of nitrogen functional groups attached to an aromatic ring is 1. The van der Waals surface area contributed by atoms with E-state index in [0.717, 1.165) is 17.9 Å². The van der Waals surface area contributed by atoms with Crippen LogP contribution >= 0.6 is 0 Å². The first-order valence-corrected chi connectivity index (χ1v) is 6.62. The maximum atomic E-state index is 5.70. The molecule has 1 aromatic carbocycles. The van der Waals surface area contributed by atoms with Crippen molar-refractivity contribution >= 4 is 5.69 Å². The lowest BCUT2D eigenvalue weighted by Crippen LogP contribution is -1.99. The van der Waals surface area contributed by atoms with Gasteiger partial charge in [0.05, 0.1) is 5.69 Å². The fraction of sp³-hybridized carbons (Fsp3) is 0.312. The number of aromatic nitrogens is 1. The molecule has 100 valence electrons. The van der Waals surface area contributed by atoms with Gasteiger partial charge in [0.1, 0.15) is 12.4 Å². The van der Waals surface area contributed by atoms with Crippen LogP contribution in [-0.2, 0) is 6.61 Å². The molecule has 2 aromatic rings. The van der Waals surface area contributed by atoms with E-state index in [0.29, 0.717) is 18.2 Å². The van der Waals surface area contributed by atoms with E-state index < -0.39 is 0 Å². The number of pyridine rings is 1. The van der Waals surface area contributed by atoms with Gasteiger partial charge in [-0.1, -0.05) is 26.0 Å². The molecule has 1 aromatic heterocycles. The van der Waals surface area contributed by atoms with Gasteiger partial charge in [0.25, 0.3) is 0 Å². The third kappa shape index (κ3) is 3.71. The van der Waals surface area contributed by atoms with Crippen molar-refractivity contribution < 1.29 is 4.74 Å². The lowest BCUT2D eigenvalue weighted by Gasteiger charge is -2.10. The van der Waals surface area contributed by atoms with Crippen LogP contribution in [-0.4, -0.2) is 4.98 Å². The third-order valence-corrected chi connectivity index (χ3v) is 3.29. The number of nitrogens with two attached hydrogens (primary N) is 1. The van der Waals surface area contributed by atoms with E-state index in [1.807, 2.05) is 18.2 Å². The van der Waals surface area contributed by atoms with Crippen molar-refractivity contribution in [1.29, 1.82) is 0 Å². The minimum absolute atomic E-state index is 0.438. The Morgan fingerprint density at radius 2 is 1.95 bits per heavy atom. The highest BCUT2D eigenvalue weighted by atomic mass is 16.5. The SMILES string of the molecule is CCC(C)c1ccc(OCc2cc(N)ccn2)cc1. The molecule has 1 heterocycles. The Morgan fingerprint density at radius 1 is 1.21 bits per heavy atom. The molecule has 0 saturated carbocycles. The van der Waals surface area contributed by atoms with Crippen molar-refractivity contribution in [3.8, 4) is 5.75 Å². The summed E-state index contributed by atoms with van der Waals surface area (Å²) in [5.74, 6) is 1.45. The van der Waals surface area contributed by atoms with Gasteiger partial charge in [-0.15, -0.1) is 0 Å². The summed E-state index contributed by atoms with van der Waals surface area (Å²) in [4.78, 5) is 4.21. The molecule has 0 fully saturated rings. The van der Waals surface area contributed by atoms with E-state index >= 15 is 0 Å². The van der Waals surface area contributed by atoms with Crippen molar-refractivity contribution in [3.63, 3.8) is 0 Å². The zero-order valence-electron chi connectivity index (χ0n) is 11.5. The summed E-state index contributed by atoms with van der Waals surface area (Å²) in [7, 11) is 0. The van der Waals surface area contributed by atoms with Crippen LogP contribution in [0.4, 0.5) is 5.69 Å². The fourth-order valence-corrected chi connectivity index (χ4v) is 1.86. The molecule has 0 radical (unpaired) electrons. The van der Waals surface area contributed by atoms with E-state index in [9.17, 15) is 0 Å². The second-order valence-corrected chi connectivity index (χ2v) is 4.75. The number of ether oxygens (including phenoxy) is 1. The van der Waals surface area contributed by atoms with Gasteiger partial charge in [-0.05, 0) is 42.2 Å². The Hall–Kier alpha value is -2.03. The van der Waals surface area contributed by atoms with E-state index in [1.165, 1.54) is 5.56 Å². The quantitative estimate of drug-likeness (QED) is 0.886. The Labute approximate surface area is 114 Å². The minimum atomic E-state index is 0.438. The molecule has 3 heteroatoms. The molecular weight excluding hydrogens is 236 g/mol. The molecule has 0 aliphatic heterocycles. The van der Waals surface area contributed by atoms with Gasteiger partial charge in [-0.2, -0.15) is 0 Å². The first-order chi connectivity index (χ1) is 9.19. The monoisotopic (exact) mass is 256 g/mol. The van der Waals surface area contributed by atoms with Crippen molar-refractivity contribution in [1.82, 2.24) is 4.98 Å². The largest absolute Gasteiger partial charge is 0.487 e. The molecular formula is C16H20N2O. The second kappa shape index (κ2) is 6.23. The van der Waals surface area contributed by atoms with Crippen LogP contribution in [0.5, 0.6) is 5.75 Å². The molecule has 0 bridgehead atoms. The lowest BCUT2D eigenvalue weighted by atomic mass is 9.99. The standard InChI is InChI=1S/C16H20N2O/c1-3-12(2)13-4-6-16(7-5-13)19-11-15-10-14(17)8-9-18-15/h4-10,12H,3,11H2,1-2H3,(H2,17,18). The number of rotatable bonds is 5. The number of hydrogen-bond acceptors (Lipinski definition) is 3. The number of nitrogens with zero attached hydrogens (tertiary/aromatic N) is 1. The Kier molecular flexibility index (Phi) is 4.39. The summed E-state index contributed by atoms with van der Waals surface area (Å²) in [6.07, 6.45) is 2.84. The molecule has 3 nitrogen and oxygen atoms in total. The van der Waals surface area contributed by atoms with Gasteiger partial charge < -0.3 is 10.5 Å². The molecule has 1 atom stereocenters. The van der Waals surface area contributed by atoms with Crippen LogP contribution in [0, 0.1) is 0 Å².